The number of piperidine rings is 1. The molecule has 2 fully saturated rings. The average molecular weight is 726 g/mol. The molecule has 0 aromatic heterocycles. The van der Waals surface area contributed by atoms with E-state index >= 15 is 0 Å². The van der Waals surface area contributed by atoms with Crippen LogP contribution in [0.4, 0.5) is 52.7 Å². The molecular weight excluding hydrogens is 698 g/mol. The zero-order valence-electron chi connectivity index (χ0n) is 25.6. The zero-order chi connectivity index (χ0) is 36.8. The molecule has 2 atom stereocenters. The van der Waals surface area contributed by atoms with Crippen LogP contribution in [-0.2, 0) is 24.7 Å². The van der Waals surface area contributed by atoms with Crippen molar-refractivity contribution in [3.8, 4) is 0 Å². The number of nitrogens with zero attached hydrogens (tertiary/aromatic N) is 3. The molecule has 0 bridgehead atoms. The molecule has 2 amide bonds. The lowest BCUT2D eigenvalue weighted by Gasteiger charge is -2.47. The highest BCUT2D eigenvalue weighted by molar-refractivity contribution is 5.95. The molecule has 2 heterocycles. The summed E-state index contributed by atoms with van der Waals surface area (Å²) in [5.74, 6) is -2.56. The Morgan fingerprint density at radius 3 is 1.32 bits per heavy atom. The monoisotopic (exact) mass is 725 g/mol. The second-order valence-electron chi connectivity index (χ2n) is 12.0. The fraction of sp³-hybridized carbons (Fsp3) is 0.394. The maximum absolute atomic E-state index is 13.5. The van der Waals surface area contributed by atoms with Crippen LogP contribution in [0.3, 0.4) is 0 Å². The van der Waals surface area contributed by atoms with Crippen LogP contribution < -0.4 is 0 Å². The molecule has 0 radical (unpaired) electrons. The van der Waals surface area contributed by atoms with Gasteiger partial charge in [-0.3, -0.25) is 14.5 Å². The van der Waals surface area contributed by atoms with E-state index in [2.05, 4.69) is 0 Å². The molecule has 0 saturated carbocycles. The number of alkyl halides is 12. The van der Waals surface area contributed by atoms with Gasteiger partial charge >= 0.3 is 24.7 Å². The van der Waals surface area contributed by atoms with Gasteiger partial charge in [0.1, 0.15) is 0 Å². The molecular formula is C33H27F12N3O2. The quantitative estimate of drug-likeness (QED) is 0.255. The first-order valence-electron chi connectivity index (χ1n) is 15.1. The molecule has 3 aromatic rings. The van der Waals surface area contributed by atoms with Crippen LogP contribution in [0, 0.1) is 0 Å². The van der Waals surface area contributed by atoms with E-state index in [0.717, 1.165) is 4.90 Å². The number of carbonyl (C=O) groups excluding carboxylic acids is 2. The molecule has 3 aromatic carbocycles. The van der Waals surface area contributed by atoms with Crippen LogP contribution in [0.5, 0.6) is 0 Å². The fourth-order valence-electron chi connectivity index (χ4n) is 6.37. The van der Waals surface area contributed by atoms with E-state index in [4.69, 9.17) is 0 Å². The molecule has 2 unspecified atom stereocenters. The van der Waals surface area contributed by atoms with Crippen molar-refractivity contribution in [1.82, 2.24) is 14.7 Å². The molecule has 0 N–H and O–H groups in total. The smallest absolute Gasteiger partial charge is 0.338 e. The third-order valence-corrected chi connectivity index (χ3v) is 8.83. The van der Waals surface area contributed by atoms with Crippen molar-refractivity contribution in [3.05, 3.63) is 106 Å². The van der Waals surface area contributed by atoms with Crippen molar-refractivity contribution >= 4 is 11.8 Å². The Kier molecular flexibility index (Phi) is 9.95. The highest BCUT2D eigenvalue weighted by Gasteiger charge is 2.42. The summed E-state index contributed by atoms with van der Waals surface area (Å²) in [4.78, 5) is 30.8. The highest BCUT2D eigenvalue weighted by Crippen LogP contribution is 2.39. The maximum atomic E-state index is 13.5. The first-order chi connectivity index (χ1) is 23.1. The summed E-state index contributed by atoms with van der Waals surface area (Å²) >= 11 is 0. The van der Waals surface area contributed by atoms with E-state index < -0.39 is 75.8 Å². The second kappa shape index (κ2) is 13.5. The third-order valence-electron chi connectivity index (χ3n) is 8.83. The number of halogens is 12. The van der Waals surface area contributed by atoms with E-state index in [9.17, 15) is 62.3 Å². The first kappa shape index (κ1) is 37.0. The number of piperazine rings is 1. The van der Waals surface area contributed by atoms with Crippen LogP contribution in [0.2, 0.25) is 0 Å². The van der Waals surface area contributed by atoms with Gasteiger partial charge in [0, 0.05) is 62.4 Å². The SMILES string of the molecule is O=C(c1cc(C(F)(F)F)cc(C(F)(F)F)c1)N1CCN(C2CCN(C(=O)c3cc(C(F)(F)F)cc(C(F)(F)F)c3)CC2c2ccccc2)CC1. The predicted octanol–water partition coefficient (Wildman–Crippen LogP) is 8.22. The summed E-state index contributed by atoms with van der Waals surface area (Å²) in [6.07, 6.45) is -20.4. The maximum Gasteiger partial charge on any atom is 0.416 e. The van der Waals surface area contributed by atoms with Crippen LogP contribution >= 0.6 is 0 Å². The number of hydrogen-bond donors (Lipinski definition) is 0. The number of benzene rings is 3. The molecule has 2 aliphatic rings. The van der Waals surface area contributed by atoms with Crippen molar-refractivity contribution < 1.29 is 62.3 Å². The Balaban J connectivity index is 1.35. The van der Waals surface area contributed by atoms with Gasteiger partial charge in [-0.15, -0.1) is 0 Å². The van der Waals surface area contributed by atoms with E-state index in [1.807, 2.05) is 4.90 Å². The zero-order valence-corrected chi connectivity index (χ0v) is 25.6. The third kappa shape index (κ3) is 8.19. The van der Waals surface area contributed by atoms with Crippen molar-refractivity contribution in [1.29, 1.82) is 0 Å². The van der Waals surface area contributed by atoms with Gasteiger partial charge in [0.05, 0.1) is 22.3 Å². The number of amides is 2. The van der Waals surface area contributed by atoms with E-state index in [1.165, 1.54) is 4.90 Å². The minimum absolute atomic E-state index is 0.0476. The first-order valence-corrected chi connectivity index (χ1v) is 15.1. The van der Waals surface area contributed by atoms with Crippen LogP contribution in [0.25, 0.3) is 0 Å². The van der Waals surface area contributed by atoms with Gasteiger partial charge < -0.3 is 9.80 Å². The molecule has 0 spiro atoms. The normalized spacial score (nSPS) is 19.8. The number of carbonyl (C=O) groups is 2. The average Bonchev–Trinajstić information content (AvgIpc) is 3.06. The van der Waals surface area contributed by atoms with Crippen molar-refractivity contribution in [3.63, 3.8) is 0 Å². The van der Waals surface area contributed by atoms with Gasteiger partial charge in [-0.25, -0.2) is 0 Å². The van der Waals surface area contributed by atoms with Gasteiger partial charge in [-0.2, -0.15) is 52.7 Å². The second-order valence-corrected chi connectivity index (χ2v) is 12.0. The minimum atomic E-state index is -5.15. The summed E-state index contributed by atoms with van der Waals surface area (Å²) in [7, 11) is 0. The Morgan fingerprint density at radius 2 is 0.920 bits per heavy atom. The fourth-order valence-corrected chi connectivity index (χ4v) is 6.37. The van der Waals surface area contributed by atoms with E-state index in [0.29, 0.717) is 29.8 Å². The Morgan fingerprint density at radius 1 is 0.520 bits per heavy atom. The largest absolute Gasteiger partial charge is 0.416 e. The molecule has 270 valence electrons. The van der Waals surface area contributed by atoms with E-state index in [-0.39, 0.29) is 63.9 Å². The lowest BCUT2D eigenvalue weighted by molar-refractivity contribution is -0.144. The minimum Gasteiger partial charge on any atom is -0.338 e. The molecule has 5 rings (SSSR count). The van der Waals surface area contributed by atoms with Gasteiger partial charge in [-0.1, -0.05) is 30.3 Å². The van der Waals surface area contributed by atoms with Crippen LogP contribution in [0.1, 0.15) is 60.9 Å². The molecule has 2 aliphatic heterocycles. The molecule has 50 heavy (non-hydrogen) atoms. The summed E-state index contributed by atoms with van der Waals surface area (Å²) in [5.41, 5.74) is -7.36. The summed E-state index contributed by atoms with van der Waals surface area (Å²) in [6.45, 7) is 0.00844. The summed E-state index contributed by atoms with van der Waals surface area (Å²) in [5, 5.41) is 0. The van der Waals surface area contributed by atoms with Gasteiger partial charge in [-0.05, 0) is 48.4 Å². The summed E-state index contributed by atoms with van der Waals surface area (Å²) in [6, 6.07) is 9.59. The predicted molar refractivity (Wildman–Crippen MR) is 154 cm³/mol. The Bertz CT molecular complexity index is 1650. The van der Waals surface area contributed by atoms with Crippen molar-refractivity contribution in [2.75, 3.05) is 39.3 Å². The van der Waals surface area contributed by atoms with Gasteiger partial charge in [0.25, 0.3) is 11.8 Å². The number of rotatable bonds is 4. The Labute approximate surface area is 277 Å². The van der Waals surface area contributed by atoms with Crippen LogP contribution in [-0.4, -0.2) is 71.8 Å². The van der Waals surface area contributed by atoms with Gasteiger partial charge in [0.2, 0.25) is 0 Å². The highest BCUT2D eigenvalue weighted by atomic mass is 19.4. The molecule has 5 nitrogen and oxygen atoms in total. The van der Waals surface area contributed by atoms with Crippen molar-refractivity contribution in [2.24, 2.45) is 0 Å². The summed E-state index contributed by atoms with van der Waals surface area (Å²) < 4.78 is 161. The standard InChI is InChI=1S/C33H27F12N3O2/c34-30(35,36)22-12-20(13-23(16-22)31(37,38)39)28(49)47-10-8-46(9-11-47)27-6-7-48(18-26(27)19-4-2-1-3-5-19)29(50)21-14-24(32(40,41)42)17-25(15-21)33(43,44)45/h1-5,12-17,26-27H,6-11,18H2. The lowest BCUT2D eigenvalue weighted by Crippen LogP contribution is -2.57. The molecule has 2 saturated heterocycles. The Hall–Kier alpha value is -4.28. The van der Waals surface area contributed by atoms with Crippen LogP contribution in [0.15, 0.2) is 66.7 Å². The topological polar surface area (TPSA) is 43.9 Å². The molecule has 17 heteroatoms. The number of likely N-dealkylation sites (tertiary alicyclic amines) is 1. The lowest BCUT2D eigenvalue weighted by atomic mass is 9.84. The van der Waals surface area contributed by atoms with E-state index in [1.54, 1.807) is 30.3 Å². The van der Waals surface area contributed by atoms with Crippen molar-refractivity contribution in [2.45, 2.75) is 43.1 Å². The molecule has 0 aliphatic carbocycles. The number of hydrogen-bond acceptors (Lipinski definition) is 3. The van der Waals surface area contributed by atoms with Gasteiger partial charge in [0.15, 0.2) is 0 Å².